The van der Waals surface area contributed by atoms with Crippen molar-refractivity contribution in [3.63, 3.8) is 0 Å². The molecule has 0 aliphatic rings. The van der Waals surface area contributed by atoms with Crippen molar-refractivity contribution in [2.45, 2.75) is 12.6 Å². The van der Waals surface area contributed by atoms with Crippen molar-refractivity contribution in [1.82, 2.24) is 0 Å². The summed E-state index contributed by atoms with van der Waals surface area (Å²) in [6, 6.07) is 1.99. The second kappa shape index (κ2) is 3.40. The van der Waals surface area contributed by atoms with Crippen LogP contribution in [0.1, 0.15) is 6.92 Å². The quantitative estimate of drug-likeness (QED) is 0.485. The summed E-state index contributed by atoms with van der Waals surface area (Å²) in [5.41, 5.74) is 0.0340. The van der Waals surface area contributed by atoms with E-state index in [1.54, 1.807) is 6.92 Å². The molecular formula is C3H5ClNP. The van der Waals surface area contributed by atoms with E-state index in [1.807, 2.05) is 6.07 Å². The van der Waals surface area contributed by atoms with Gasteiger partial charge in [-0.25, -0.2) is 0 Å². The van der Waals surface area contributed by atoms with Gasteiger partial charge in [0.25, 0.3) is 0 Å². The van der Waals surface area contributed by atoms with E-state index in [1.165, 1.54) is 0 Å². The lowest BCUT2D eigenvalue weighted by atomic mass is 10.5. The van der Waals surface area contributed by atoms with Gasteiger partial charge in [-0.2, -0.15) is 5.26 Å². The van der Waals surface area contributed by atoms with Crippen LogP contribution in [-0.2, 0) is 0 Å². The van der Waals surface area contributed by atoms with Crippen molar-refractivity contribution in [2.75, 3.05) is 0 Å². The van der Waals surface area contributed by atoms with Crippen LogP contribution in [0, 0.1) is 11.3 Å². The van der Waals surface area contributed by atoms with E-state index in [4.69, 9.17) is 16.5 Å². The fourth-order valence-corrected chi connectivity index (χ4v) is 0.220. The molecule has 0 bridgehead atoms. The molecule has 34 valence electrons. The zero-order chi connectivity index (χ0) is 4.99. The first-order valence-corrected chi connectivity index (χ1v) is 3.66. The average Bonchev–Trinajstić information content (AvgIpc) is 1.65. The molecule has 0 saturated heterocycles. The second-order valence-corrected chi connectivity index (χ2v) is 2.70. The van der Waals surface area contributed by atoms with E-state index in [0.29, 0.717) is 0 Å². The Bertz CT molecular complexity index is 67.7. The third-order valence-corrected chi connectivity index (χ3v) is 1.80. The molecule has 0 spiro atoms. The Labute approximate surface area is 43.9 Å². The van der Waals surface area contributed by atoms with Crippen molar-refractivity contribution < 1.29 is 0 Å². The summed E-state index contributed by atoms with van der Waals surface area (Å²) in [7, 11) is 0.243. The van der Waals surface area contributed by atoms with Gasteiger partial charge in [-0.1, -0.05) is 11.2 Å². The Kier molecular flexibility index (Phi) is 3.52. The molecule has 0 aromatic heterocycles. The molecule has 2 unspecified atom stereocenters. The monoisotopic (exact) mass is 121 g/mol. The Hall–Kier alpha value is 0.210. The van der Waals surface area contributed by atoms with Gasteiger partial charge in [0.1, 0.15) is 0 Å². The molecule has 1 nitrogen and oxygen atoms in total. The van der Waals surface area contributed by atoms with E-state index < -0.39 is 0 Å². The van der Waals surface area contributed by atoms with Crippen LogP contribution in [0.25, 0.3) is 0 Å². The highest BCUT2D eigenvalue weighted by molar-refractivity contribution is 7.69. The second-order valence-electron chi connectivity index (χ2n) is 0.960. The van der Waals surface area contributed by atoms with Crippen LogP contribution in [-0.4, -0.2) is 5.66 Å². The first kappa shape index (κ1) is 6.21. The normalized spacial score (nSPS) is 14.8. The van der Waals surface area contributed by atoms with E-state index in [2.05, 4.69) is 0 Å². The number of hydrogen-bond donors (Lipinski definition) is 0. The summed E-state index contributed by atoms with van der Waals surface area (Å²) in [5.74, 6) is 0. The van der Waals surface area contributed by atoms with Gasteiger partial charge in [-0.05, 0) is 14.9 Å². The van der Waals surface area contributed by atoms with Crippen LogP contribution < -0.4 is 0 Å². The molecule has 2 atom stereocenters. The van der Waals surface area contributed by atoms with Gasteiger partial charge in [0.2, 0.25) is 0 Å². The molecule has 0 aromatic rings. The fraction of sp³-hybridized carbons (Fsp3) is 0.667. The Morgan fingerprint density at radius 1 is 2.00 bits per heavy atom. The molecule has 6 heavy (non-hydrogen) atoms. The van der Waals surface area contributed by atoms with Crippen LogP contribution >= 0.6 is 19.2 Å². The van der Waals surface area contributed by atoms with Gasteiger partial charge in [-0.15, -0.1) is 0 Å². The molecule has 0 N–H and O–H groups in total. The predicted octanol–water partition coefficient (Wildman–Crippen LogP) is 1.73. The predicted molar refractivity (Wildman–Crippen MR) is 29.2 cm³/mol. The summed E-state index contributed by atoms with van der Waals surface area (Å²) >= 11 is 5.26. The van der Waals surface area contributed by atoms with Gasteiger partial charge in [0.05, 0.1) is 11.7 Å². The zero-order valence-corrected chi connectivity index (χ0v) is 5.16. The van der Waals surface area contributed by atoms with Crippen molar-refractivity contribution in [2.24, 2.45) is 0 Å². The molecule has 0 rings (SSSR count). The largest absolute Gasteiger partial charge is 0.198 e. The van der Waals surface area contributed by atoms with Crippen molar-refractivity contribution in [3.05, 3.63) is 0 Å². The third kappa shape index (κ3) is 2.45. The number of hydrogen-bond acceptors (Lipinski definition) is 1. The highest BCUT2D eigenvalue weighted by atomic mass is 35.7. The van der Waals surface area contributed by atoms with E-state index in [0.717, 1.165) is 0 Å². The topological polar surface area (TPSA) is 23.8 Å². The number of nitriles is 1. The average molecular weight is 122 g/mol. The van der Waals surface area contributed by atoms with Crippen molar-refractivity contribution in [3.8, 4) is 6.07 Å². The minimum atomic E-state index is 0.0340. The molecule has 0 aliphatic carbocycles. The van der Waals surface area contributed by atoms with Gasteiger partial charge in [0.15, 0.2) is 0 Å². The van der Waals surface area contributed by atoms with E-state index >= 15 is 0 Å². The van der Waals surface area contributed by atoms with Gasteiger partial charge in [0, 0.05) is 0 Å². The molecule has 0 amide bonds. The van der Waals surface area contributed by atoms with Crippen molar-refractivity contribution >= 4 is 19.2 Å². The summed E-state index contributed by atoms with van der Waals surface area (Å²) in [4.78, 5) is 0. The standard InChI is InChI=1S/C3H5ClNP/c1-3(2-5)6-4/h3,6H,1H3. The third-order valence-electron chi connectivity index (χ3n) is 0.357. The van der Waals surface area contributed by atoms with Gasteiger partial charge in [-0.3, -0.25) is 0 Å². The number of halogens is 1. The van der Waals surface area contributed by atoms with E-state index in [-0.39, 0.29) is 13.6 Å². The first-order chi connectivity index (χ1) is 2.81. The minimum absolute atomic E-state index is 0.0340. The molecule has 3 heteroatoms. The maximum atomic E-state index is 8.01. The minimum Gasteiger partial charge on any atom is -0.198 e. The van der Waals surface area contributed by atoms with E-state index in [9.17, 15) is 0 Å². The highest BCUT2D eigenvalue weighted by Crippen LogP contribution is 2.21. The summed E-state index contributed by atoms with van der Waals surface area (Å²) in [5, 5.41) is 8.01. The van der Waals surface area contributed by atoms with Crippen LogP contribution in [0.2, 0.25) is 0 Å². The molecular weight excluding hydrogens is 116 g/mol. The van der Waals surface area contributed by atoms with Crippen molar-refractivity contribution in [1.29, 1.82) is 5.26 Å². The summed E-state index contributed by atoms with van der Waals surface area (Å²) in [6.07, 6.45) is 0. The lowest BCUT2D eigenvalue weighted by Gasteiger charge is -1.85. The zero-order valence-electron chi connectivity index (χ0n) is 3.40. The molecule has 0 saturated carbocycles. The molecule has 0 fully saturated rings. The van der Waals surface area contributed by atoms with Crippen LogP contribution in [0.3, 0.4) is 0 Å². The smallest absolute Gasteiger partial charge is 0.0746 e. The maximum absolute atomic E-state index is 8.01. The summed E-state index contributed by atoms with van der Waals surface area (Å²) in [6.45, 7) is 1.80. The first-order valence-electron chi connectivity index (χ1n) is 1.57. The Balaban J connectivity index is 3.04. The summed E-state index contributed by atoms with van der Waals surface area (Å²) < 4.78 is 0. The SMILES string of the molecule is CC(C#N)PCl. The highest BCUT2D eigenvalue weighted by Gasteiger charge is 1.90. The Morgan fingerprint density at radius 3 is 2.50 bits per heavy atom. The molecule has 0 aromatic carbocycles. The van der Waals surface area contributed by atoms with Gasteiger partial charge < -0.3 is 0 Å². The van der Waals surface area contributed by atoms with Crippen LogP contribution in [0.4, 0.5) is 0 Å². The van der Waals surface area contributed by atoms with Gasteiger partial charge >= 0.3 is 0 Å². The fourth-order valence-electron chi connectivity index (χ4n) is 0.0244. The lowest BCUT2D eigenvalue weighted by Crippen LogP contribution is -1.79. The Morgan fingerprint density at radius 2 is 2.50 bits per heavy atom. The molecule has 0 aliphatic heterocycles. The van der Waals surface area contributed by atoms with Crippen LogP contribution in [0.5, 0.6) is 0 Å². The van der Waals surface area contributed by atoms with Crippen LogP contribution in [0.15, 0.2) is 0 Å². The molecule has 0 radical (unpaired) electrons. The molecule has 0 heterocycles. The lowest BCUT2D eigenvalue weighted by molar-refractivity contribution is 1.24. The number of nitrogens with zero attached hydrogens (tertiary/aromatic N) is 1. The number of rotatable bonds is 1. The maximum Gasteiger partial charge on any atom is 0.0746 e.